The van der Waals surface area contributed by atoms with Crippen LogP contribution in [0, 0.1) is 13.8 Å². The Hall–Kier alpha value is -1.76. The molecule has 2 heterocycles. The number of fused-ring (bicyclic) bond motifs is 1. The molecule has 0 saturated carbocycles. The minimum absolute atomic E-state index is 0.107. The van der Waals surface area contributed by atoms with Crippen molar-refractivity contribution in [3.05, 3.63) is 50.5 Å². The van der Waals surface area contributed by atoms with Crippen LogP contribution in [0.2, 0.25) is 0 Å². The van der Waals surface area contributed by atoms with Crippen LogP contribution >= 0.6 is 22.7 Å². The Morgan fingerprint density at radius 1 is 1.33 bits per heavy atom. The fourth-order valence-electron chi connectivity index (χ4n) is 2.70. The molecule has 0 aliphatic carbocycles. The molecule has 6 heteroatoms. The van der Waals surface area contributed by atoms with E-state index in [1.54, 1.807) is 29.8 Å². The summed E-state index contributed by atoms with van der Waals surface area (Å²) in [5.41, 5.74) is 3.55. The van der Waals surface area contributed by atoms with Crippen LogP contribution in [0.4, 0.5) is 0 Å². The molecule has 0 atom stereocenters. The monoisotopic (exact) mass is 360 g/mol. The van der Waals surface area contributed by atoms with Gasteiger partial charge in [0.05, 0.1) is 23.2 Å². The van der Waals surface area contributed by atoms with E-state index in [1.807, 2.05) is 17.5 Å². The first kappa shape index (κ1) is 17.1. The zero-order valence-corrected chi connectivity index (χ0v) is 15.7. The lowest BCUT2D eigenvalue weighted by Crippen LogP contribution is -2.19. The summed E-state index contributed by atoms with van der Waals surface area (Å²) in [5, 5.41) is 1.98. The lowest BCUT2D eigenvalue weighted by molar-refractivity contribution is -0.117. The van der Waals surface area contributed by atoms with Gasteiger partial charge in [-0.25, -0.2) is 0 Å². The normalized spacial score (nSPS) is 12.2. The Balaban J connectivity index is 2.06. The number of nitrogens with zero attached hydrogens (tertiary/aromatic N) is 2. The topological polar surface area (TPSA) is 43.6 Å². The summed E-state index contributed by atoms with van der Waals surface area (Å²) in [6.45, 7) is 5.46. The van der Waals surface area contributed by atoms with Crippen molar-refractivity contribution < 1.29 is 9.53 Å². The van der Waals surface area contributed by atoms with Crippen LogP contribution in [0.1, 0.15) is 16.0 Å². The van der Waals surface area contributed by atoms with Crippen LogP contribution in [0.3, 0.4) is 0 Å². The summed E-state index contributed by atoms with van der Waals surface area (Å²) in [6, 6.07) is 8.24. The maximum absolute atomic E-state index is 12.3. The van der Waals surface area contributed by atoms with Gasteiger partial charge in [0, 0.05) is 18.5 Å². The van der Waals surface area contributed by atoms with Crippen LogP contribution in [-0.2, 0) is 22.5 Å². The lowest BCUT2D eigenvalue weighted by Gasteiger charge is -2.06. The number of carbonyl (C=O) groups excluding carboxylic acids is 1. The van der Waals surface area contributed by atoms with Crippen molar-refractivity contribution in [3.8, 4) is 0 Å². The van der Waals surface area contributed by atoms with Crippen molar-refractivity contribution in [2.75, 3.05) is 13.7 Å². The summed E-state index contributed by atoms with van der Waals surface area (Å²) in [4.78, 5) is 18.5. The van der Waals surface area contributed by atoms with E-state index in [4.69, 9.17) is 4.74 Å². The third-order valence-electron chi connectivity index (χ3n) is 3.76. The fourth-order valence-corrected chi connectivity index (χ4v) is 4.52. The second-order valence-electron chi connectivity index (χ2n) is 5.72. The summed E-state index contributed by atoms with van der Waals surface area (Å²) in [6.07, 6.45) is 0.355. The molecular formula is C18H20N2O2S2. The molecule has 3 aromatic rings. The second-order valence-corrected chi connectivity index (χ2v) is 7.73. The number of hydrogen-bond acceptors (Lipinski definition) is 4. The third kappa shape index (κ3) is 3.66. The van der Waals surface area contributed by atoms with Crippen LogP contribution in [0.5, 0.6) is 0 Å². The Kier molecular flexibility index (Phi) is 5.28. The smallest absolute Gasteiger partial charge is 0.253 e. The lowest BCUT2D eigenvalue weighted by atomic mass is 10.1. The molecule has 0 aliphatic rings. The first-order valence-electron chi connectivity index (χ1n) is 7.78. The van der Waals surface area contributed by atoms with E-state index in [-0.39, 0.29) is 5.91 Å². The minimum Gasteiger partial charge on any atom is -0.383 e. The molecule has 0 N–H and O–H groups in total. The van der Waals surface area contributed by atoms with Gasteiger partial charge >= 0.3 is 0 Å². The van der Waals surface area contributed by atoms with Gasteiger partial charge in [0.1, 0.15) is 0 Å². The molecule has 0 radical (unpaired) electrons. The average Bonchev–Trinajstić information content (AvgIpc) is 3.13. The van der Waals surface area contributed by atoms with Gasteiger partial charge in [-0.05, 0) is 42.5 Å². The molecule has 1 aromatic carbocycles. The number of benzene rings is 1. The first-order valence-corrected chi connectivity index (χ1v) is 9.47. The van der Waals surface area contributed by atoms with Crippen molar-refractivity contribution in [1.29, 1.82) is 0 Å². The second kappa shape index (κ2) is 7.42. The highest BCUT2D eigenvalue weighted by Gasteiger charge is 2.11. The molecule has 0 bridgehead atoms. The highest BCUT2D eigenvalue weighted by molar-refractivity contribution is 7.16. The first-order chi connectivity index (χ1) is 11.6. The predicted molar refractivity (Wildman–Crippen MR) is 99.8 cm³/mol. The number of thiazole rings is 1. The molecule has 0 aliphatic heterocycles. The maximum atomic E-state index is 12.3. The SMILES string of the molecule is COCCn1c(=NC(=O)Cc2cccs2)sc2c(C)cc(C)cc21. The van der Waals surface area contributed by atoms with Gasteiger partial charge in [-0.3, -0.25) is 4.79 Å². The Bertz CT molecular complexity index is 921. The minimum atomic E-state index is -0.107. The van der Waals surface area contributed by atoms with Crippen molar-refractivity contribution in [2.24, 2.45) is 4.99 Å². The standard InChI is InChI=1S/C18H20N2O2S2/c1-12-9-13(2)17-15(10-12)20(6-7-22-3)18(24-17)19-16(21)11-14-5-4-8-23-14/h4-5,8-10H,6-7,11H2,1-3H3. The number of thiophene rings is 1. The molecule has 24 heavy (non-hydrogen) atoms. The summed E-state index contributed by atoms with van der Waals surface area (Å²) in [5.74, 6) is -0.107. The van der Waals surface area contributed by atoms with Crippen LogP contribution < -0.4 is 4.80 Å². The fraction of sp³-hybridized carbons (Fsp3) is 0.333. The maximum Gasteiger partial charge on any atom is 0.253 e. The molecule has 2 aromatic heterocycles. The molecule has 126 valence electrons. The highest BCUT2D eigenvalue weighted by Crippen LogP contribution is 2.23. The molecule has 3 rings (SSSR count). The van der Waals surface area contributed by atoms with Gasteiger partial charge in [-0.1, -0.05) is 23.5 Å². The van der Waals surface area contributed by atoms with Crippen LogP contribution in [-0.4, -0.2) is 24.2 Å². The van der Waals surface area contributed by atoms with Gasteiger partial charge in [0.2, 0.25) is 0 Å². The molecular weight excluding hydrogens is 340 g/mol. The number of aromatic nitrogens is 1. The van der Waals surface area contributed by atoms with E-state index >= 15 is 0 Å². The zero-order chi connectivity index (χ0) is 17.1. The summed E-state index contributed by atoms with van der Waals surface area (Å²) < 4.78 is 8.50. The number of carbonyl (C=O) groups is 1. The van der Waals surface area contributed by atoms with Crippen LogP contribution in [0.15, 0.2) is 34.6 Å². The molecule has 0 unspecified atom stereocenters. The van der Waals surface area contributed by atoms with Gasteiger partial charge in [0.15, 0.2) is 4.80 Å². The number of methoxy groups -OCH3 is 1. The van der Waals surface area contributed by atoms with Crippen LogP contribution in [0.25, 0.3) is 10.2 Å². The predicted octanol–water partition coefficient (Wildman–Crippen LogP) is 3.70. The molecule has 0 spiro atoms. The third-order valence-corrected chi connectivity index (χ3v) is 5.87. The van der Waals surface area contributed by atoms with Crippen molar-refractivity contribution in [3.63, 3.8) is 0 Å². The number of amides is 1. The molecule has 1 amide bonds. The van der Waals surface area contributed by atoms with Crippen molar-refractivity contribution >= 4 is 38.8 Å². The number of rotatable bonds is 5. The number of aryl methyl sites for hydroxylation is 2. The van der Waals surface area contributed by atoms with E-state index in [0.717, 1.165) is 15.2 Å². The highest BCUT2D eigenvalue weighted by atomic mass is 32.1. The van der Waals surface area contributed by atoms with Gasteiger partial charge in [0.25, 0.3) is 5.91 Å². The van der Waals surface area contributed by atoms with Gasteiger partial charge in [-0.15, -0.1) is 11.3 Å². The number of ether oxygens (including phenoxy) is 1. The zero-order valence-electron chi connectivity index (χ0n) is 14.0. The Morgan fingerprint density at radius 2 is 2.17 bits per heavy atom. The molecule has 4 nitrogen and oxygen atoms in total. The van der Waals surface area contributed by atoms with Crippen molar-refractivity contribution in [1.82, 2.24) is 4.57 Å². The largest absolute Gasteiger partial charge is 0.383 e. The number of hydrogen-bond donors (Lipinski definition) is 0. The summed E-state index contributed by atoms with van der Waals surface area (Å²) in [7, 11) is 1.68. The average molecular weight is 361 g/mol. The van der Waals surface area contributed by atoms with E-state index in [2.05, 4.69) is 35.5 Å². The van der Waals surface area contributed by atoms with E-state index < -0.39 is 0 Å². The summed E-state index contributed by atoms with van der Waals surface area (Å²) >= 11 is 3.16. The van der Waals surface area contributed by atoms with Gasteiger partial charge < -0.3 is 9.30 Å². The quantitative estimate of drug-likeness (QED) is 0.696. The van der Waals surface area contributed by atoms with E-state index in [9.17, 15) is 4.79 Å². The Labute approximate surface area is 149 Å². The molecule has 0 fully saturated rings. The Morgan fingerprint density at radius 3 is 2.88 bits per heavy atom. The van der Waals surface area contributed by atoms with E-state index in [1.165, 1.54) is 15.8 Å². The van der Waals surface area contributed by atoms with E-state index in [0.29, 0.717) is 19.6 Å². The molecule has 0 saturated heterocycles. The van der Waals surface area contributed by atoms with Crippen molar-refractivity contribution in [2.45, 2.75) is 26.8 Å². The van der Waals surface area contributed by atoms with Gasteiger partial charge in [-0.2, -0.15) is 4.99 Å².